The third kappa shape index (κ3) is 4.09. The molecule has 3 heterocycles. The van der Waals surface area contributed by atoms with Crippen molar-refractivity contribution < 1.29 is 19.4 Å². The number of nitrogens with zero attached hydrogens (tertiary/aromatic N) is 3. The van der Waals surface area contributed by atoms with Crippen molar-refractivity contribution in [1.82, 2.24) is 14.8 Å². The van der Waals surface area contributed by atoms with Gasteiger partial charge in [0.15, 0.2) is 0 Å². The fourth-order valence-electron chi connectivity index (χ4n) is 5.66. The van der Waals surface area contributed by atoms with Crippen LogP contribution in [0, 0.1) is 0 Å². The van der Waals surface area contributed by atoms with Crippen LogP contribution >= 0.6 is 0 Å². The summed E-state index contributed by atoms with van der Waals surface area (Å²) in [7, 11) is 0. The topological polar surface area (TPSA) is 75.1 Å². The summed E-state index contributed by atoms with van der Waals surface area (Å²) in [6, 6.07) is 9.67. The number of aliphatic hydroxyl groups excluding tert-OH is 1. The molecule has 1 aliphatic carbocycles. The van der Waals surface area contributed by atoms with E-state index in [1.165, 1.54) is 6.42 Å². The van der Waals surface area contributed by atoms with Gasteiger partial charge < -0.3 is 19.5 Å². The summed E-state index contributed by atoms with van der Waals surface area (Å²) in [4.78, 5) is 22.5. The van der Waals surface area contributed by atoms with Gasteiger partial charge in [-0.1, -0.05) is 25.3 Å². The molecule has 0 unspecified atom stereocenters. The van der Waals surface area contributed by atoms with Crippen molar-refractivity contribution in [2.75, 3.05) is 39.4 Å². The van der Waals surface area contributed by atoms with E-state index in [4.69, 9.17) is 9.47 Å². The molecule has 3 aliphatic rings. The van der Waals surface area contributed by atoms with Gasteiger partial charge in [0.1, 0.15) is 23.5 Å². The van der Waals surface area contributed by atoms with Crippen LogP contribution in [0.2, 0.25) is 0 Å². The minimum atomic E-state index is -0.718. The molecule has 1 N–H and O–H groups in total. The van der Waals surface area contributed by atoms with Gasteiger partial charge in [-0.05, 0) is 37.1 Å². The first-order valence-electron chi connectivity index (χ1n) is 12.0. The van der Waals surface area contributed by atoms with E-state index in [9.17, 15) is 9.90 Å². The average molecular weight is 440 g/mol. The molecule has 1 aromatic heterocycles. The highest BCUT2D eigenvalue weighted by atomic mass is 16.5. The molecule has 0 bridgehead atoms. The fourth-order valence-corrected chi connectivity index (χ4v) is 5.66. The molecule has 1 amide bonds. The number of carbonyl (C=O) groups excluding carboxylic acids is 1. The van der Waals surface area contributed by atoms with Crippen molar-refractivity contribution in [3.63, 3.8) is 0 Å². The Morgan fingerprint density at radius 1 is 1.09 bits per heavy atom. The highest BCUT2D eigenvalue weighted by molar-refractivity contribution is 5.87. The summed E-state index contributed by atoms with van der Waals surface area (Å²) in [6.45, 7) is 3.92. The second-order valence-corrected chi connectivity index (χ2v) is 9.28. The number of β-amino-alcohol motifs (C(OH)–C–C–N with tert-alkyl or cyclic N) is 1. The number of hydrogen-bond acceptors (Lipinski definition) is 6. The Morgan fingerprint density at radius 2 is 1.91 bits per heavy atom. The van der Waals surface area contributed by atoms with Crippen molar-refractivity contribution in [1.29, 1.82) is 0 Å². The Kier molecular flexibility index (Phi) is 6.31. The van der Waals surface area contributed by atoms with Crippen molar-refractivity contribution in [2.24, 2.45) is 0 Å². The number of amides is 1. The summed E-state index contributed by atoms with van der Waals surface area (Å²) in [5.74, 6) is 0.919. The Bertz CT molecular complexity index is 934. The first-order chi connectivity index (χ1) is 15.7. The lowest BCUT2D eigenvalue weighted by Crippen LogP contribution is -2.65. The van der Waals surface area contributed by atoms with Crippen LogP contribution in [0.4, 0.5) is 0 Å². The van der Waals surface area contributed by atoms with E-state index in [1.54, 1.807) is 6.20 Å². The number of aromatic nitrogens is 1. The molecule has 2 aromatic rings. The Hall–Kier alpha value is -2.22. The van der Waals surface area contributed by atoms with Gasteiger partial charge in [0.25, 0.3) is 0 Å². The number of pyridine rings is 1. The van der Waals surface area contributed by atoms with E-state index in [0.717, 1.165) is 55.4 Å². The van der Waals surface area contributed by atoms with Gasteiger partial charge in [0.2, 0.25) is 5.91 Å². The SMILES string of the molecule is O=C(N1CC[C@@H](Oc2cccc3ncccc23)[C@H](O)C1)C1(N2CCOCC2)CCCCC1. The second-order valence-electron chi connectivity index (χ2n) is 9.28. The summed E-state index contributed by atoms with van der Waals surface area (Å²) in [6.07, 6.45) is 6.49. The predicted octanol–water partition coefficient (Wildman–Crippen LogP) is 2.61. The summed E-state index contributed by atoms with van der Waals surface area (Å²) >= 11 is 0. The van der Waals surface area contributed by atoms with Gasteiger partial charge in [-0.3, -0.25) is 14.7 Å². The molecule has 32 heavy (non-hydrogen) atoms. The Morgan fingerprint density at radius 3 is 2.69 bits per heavy atom. The summed E-state index contributed by atoms with van der Waals surface area (Å²) < 4.78 is 11.8. The van der Waals surface area contributed by atoms with E-state index >= 15 is 0 Å². The van der Waals surface area contributed by atoms with E-state index in [-0.39, 0.29) is 12.0 Å². The molecule has 172 valence electrons. The summed E-state index contributed by atoms with van der Waals surface area (Å²) in [5, 5.41) is 11.9. The number of fused-ring (bicyclic) bond motifs is 1. The number of rotatable bonds is 4. The number of ether oxygens (including phenoxy) is 2. The zero-order chi connectivity index (χ0) is 22.0. The molecule has 2 saturated heterocycles. The van der Waals surface area contributed by atoms with E-state index in [2.05, 4.69) is 9.88 Å². The zero-order valence-electron chi connectivity index (χ0n) is 18.6. The maximum atomic E-state index is 13.8. The number of morpholine rings is 1. The van der Waals surface area contributed by atoms with Gasteiger partial charge >= 0.3 is 0 Å². The lowest BCUT2D eigenvalue weighted by Gasteiger charge is -2.49. The van der Waals surface area contributed by atoms with E-state index < -0.39 is 11.6 Å². The highest BCUT2D eigenvalue weighted by Gasteiger charge is 2.48. The third-order valence-electron chi connectivity index (χ3n) is 7.39. The van der Waals surface area contributed by atoms with E-state index in [0.29, 0.717) is 32.7 Å². The smallest absolute Gasteiger partial charge is 0.243 e. The lowest BCUT2D eigenvalue weighted by molar-refractivity contribution is -0.156. The average Bonchev–Trinajstić information content (AvgIpc) is 2.86. The van der Waals surface area contributed by atoms with Crippen LogP contribution in [0.15, 0.2) is 36.5 Å². The van der Waals surface area contributed by atoms with E-state index in [1.807, 2.05) is 35.2 Å². The minimum absolute atomic E-state index is 0.186. The molecule has 1 saturated carbocycles. The van der Waals surface area contributed by atoms with Crippen LogP contribution < -0.4 is 4.74 Å². The molecule has 7 nitrogen and oxygen atoms in total. The Labute approximate surface area is 189 Å². The molecule has 3 fully saturated rings. The Balaban J connectivity index is 1.29. The zero-order valence-corrected chi connectivity index (χ0v) is 18.6. The number of piperidine rings is 1. The molecular formula is C25H33N3O4. The normalized spacial score (nSPS) is 26.7. The van der Waals surface area contributed by atoms with Crippen LogP contribution in [-0.2, 0) is 9.53 Å². The largest absolute Gasteiger partial charge is 0.487 e. The first kappa shape index (κ1) is 21.6. The number of benzene rings is 1. The monoisotopic (exact) mass is 439 g/mol. The maximum Gasteiger partial charge on any atom is 0.243 e. The first-order valence-corrected chi connectivity index (χ1v) is 12.0. The molecule has 0 spiro atoms. The van der Waals surface area contributed by atoms with Gasteiger partial charge in [0.05, 0.1) is 25.3 Å². The minimum Gasteiger partial charge on any atom is -0.487 e. The van der Waals surface area contributed by atoms with Crippen LogP contribution in [0.5, 0.6) is 5.75 Å². The molecule has 0 radical (unpaired) electrons. The molecule has 2 aliphatic heterocycles. The fraction of sp³-hybridized carbons (Fsp3) is 0.600. The number of carbonyl (C=O) groups is 1. The quantitative estimate of drug-likeness (QED) is 0.789. The van der Waals surface area contributed by atoms with Crippen LogP contribution in [0.1, 0.15) is 38.5 Å². The number of hydrogen-bond donors (Lipinski definition) is 1. The van der Waals surface area contributed by atoms with Crippen molar-refractivity contribution >= 4 is 16.8 Å². The molecule has 1 aromatic carbocycles. The van der Waals surface area contributed by atoms with Crippen LogP contribution in [-0.4, -0.2) is 82.9 Å². The van der Waals surface area contributed by atoms with Crippen LogP contribution in [0.3, 0.4) is 0 Å². The number of likely N-dealkylation sites (tertiary alicyclic amines) is 1. The third-order valence-corrected chi connectivity index (χ3v) is 7.39. The molecule has 2 atom stereocenters. The molecular weight excluding hydrogens is 406 g/mol. The highest BCUT2D eigenvalue weighted by Crippen LogP contribution is 2.37. The predicted molar refractivity (Wildman–Crippen MR) is 122 cm³/mol. The number of aliphatic hydroxyl groups is 1. The van der Waals surface area contributed by atoms with Crippen molar-refractivity contribution in [3.8, 4) is 5.75 Å². The van der Waals surface area contributed by atoms with Crippen LogP contribution in [0.25, 0.3) is 10.9 Å². The van der Waals surface area contributed by atoms with Crippen molar-refractivity contribution in [3.05, 3.63) is 36.5 Å². The van der Waals surface area contributed by atoms with Crippen molar-refractivity contribution in [2.45, 2.75) is 56.3 Å². The maximum absolute atomic E-state index is 13.8. The molecule has 7 heteroatoms. The summed E-state index contributed by atoms with van der Waals surface area (Å²) in [5.41, 5.74) is 0.438. The standard InChI is InChI=1S/C25H33N3O4/c29-21-18-27(24(30)25(10-2-1-3-11-25)28-14-16-31-17-15-28)13-9-23(21)32-22-8-4-7-20-19(22)6-5-12-26-20/h4-8,12,21,23,29H,1-3,9-11,13-18H2/t21-,23-/m1/s1. The van der Waals surface area contributed by atoms with Gasteiger partial charge in [-0.25, -0.2) is 0 Å². The lowest BCUT2D eigenvalue weighted by atomic mass is 9.78. The van der Waals surface area contributed by atoms with Gasteiger partial charge in [-0.15, -0.1) is 0 Å². The van der Waals surface area contributed by atoms with Gasteiger partial charge in [0, 0.05) is 37.6 Å². The second kappa shape index (κ2) is 9.33. The van der Waals surface area contributed by atoms with Gasteiger partial charge in [-0.2, -0.15) is 0 Å². The molecule has 5 rings (SSSR count).